The Kier molecular flexibility index (Phi) is 3.81. The van der Waals surface area contributed by atoms with Gasteiger partial charge in [-0.1, -0.05) is 26.8 Å². The van der Waals surface area contributed by atoms with E-state index in [1.807, 2.05) is 6.07 Å². The van der Waals surface area contributed by atoms with Crippen LogP contribution in [0.2, 0.25) is 0 Å². The van der Waals surface area contributed by atoms with Crippen molar-refractivity contribution in [2.24, 2.45) is 0 Å². The molecule has 0 radical (unpaired) electrons. The average molecular weight is 249 g/mol. The van der Waals surface area contributed by atoms with Crippen LogP contribution in [0, 0.1) is 0 Å². The summed E-state index contributed by atoms with van der Waals surface area (Å²) in [6.07, 6.45) is 1.75. The zero-order chi connectivity index (χ0) is 13.2. The van der Waals surface area contributed by atoms with Gasteiger partial charge in [-0.15, -0.1) is 0 Å². The summed E-state index contributed by atoms with van der Waals surface area (Å²) in [4.78, 5) is 0. The molecule has 0 aliphatic carbocycles. The summed E-state index contributed by atoms with van der Waals surface area (Å²) >= 11 is 0. The maximum absolute atomic E-state index is 8.87. The third-order valence-electron chi connectivity index (χ3n) is 3.36. The molecule has 0 bridgehead atoms. The van der Waals surface area contributed by atoms with Crippen LogP contribution >= 0.6 is 0 Å². The lowest BCUT2D eigenvalue weighted by atomic mass is 9.86. The van der Waals surface area contributed by atoms with Crippen molar-refractivity contribution in [3.05, 3.63) is 23.8 Å². The maximum Gasteiger partial charge on any atom is 0.142 e. The van der Waals surface area contributed by atoms with Crippen LogP contribution in [0.15, 0.2) is 18.2 Å². The van der Waals surface area contributed by atoms with E-state index in [9.17, 15) is 0 Å². The molecule has 1 aromatic rings. The highest BCUT2D eigenvalue weighted by atomic mass is 16.5. The standard InChI is InChI=1S/C15H23NO2/c1-15(2,3)11-6-7-14-13(9-11)16-12(10-18-14)5-4-8-17/h6-7,9,12,16-17H,4-5,8,10H2,1-3H3. The Morgan fingerprint density at radius 2 is 2.17 bits per heavy atom. The summed E-state index contributed by atoms with van der Waals surface area (Å²) in [7, 11) is 0. The van der Waals surface area contributed by atoms with Gasteiger partial charge in [-0.2, -0.15) is 0 Å². The molecule has 3 nitrogen and oxygen atoms in total. The van der Waals surface area contributed by atoms with Crippen molar-refractivity contribution in [2.75, 3.05) is 18.5 Å². The number of benzene rings is 1. The number of ether oxygens (including phenoxy) is 1. The fraction of sp³-hybridized carbons (Fsp3) is 0.600. The second kappa shape index (κ2) is 5.19. The predicted octanol–water partition coefficient (Wildman–Crippen LogP) is 2.93. The van der Waals surface area contributed by atoms with E-state index in [0.29, 0.717) is 12.6 Å². The first-order valence-electron chi connectivity index (χ1n) is 6.65. The van der Waals surface area contributed by atoms with Gasteiger partial charge in [0.2, 0.25) is 0 Å². The minimum Gasteiger partial charge on any atom is -0.489 e. The Morgan fingerprint density at radius 3 is 2.83 bits per heavy atom. The zero-order valence-electron chi connectivity index (χ0n) is 11.5. The van der Waals surface area contributed by atoms with E-state index in [0.717, 1.165) is 24.3 Å². The van der Waals surface area contributed by atoms with Crippen molar-refractivity contribution in [3.63, 3.8) is 0 Å². The first-order chi connectivity index (χ1) is 8.50. The Morgan fingerprint density at radius 1 is 1.39 bits per heavy atom. The Labute approximate surface area is 109 Å². The lowest BCUT2D eigenvalue weighted by Crippen LogP contribution is -2.31. The van der Waals surface area contributed by atoms with Gasteiger partial charge in [0.1, 0.15) is 12.4 Å². The summed E-state index contributed by atoms with van der Waals surface area (Å²) in [5.74, 6) is 0.934. The van der Waals surface area contributed by atoms with Crippen LogP contribution in [0.5, 0.6) is 5.75 Å². The minimum absolute atomic E-state index is 0.148. The molecule has 0 aromatic heterocycles. The SMILES string of the molecule is CC(C)(C)c1ccc2c(c1)NC(CCCO)CO2. The van der Waals surface area contributed by atoms with E-state index < -0.39 is 0 Å². The van der Waals surface area contributed by atoms with Crippen molar-refractivity contribution in [3.8, 4) is 5.75 Å². The number of fused-ring (bicyclic) bond motifs is 1. The summed E-state index contributed by atoms with van der Waals surface area (Å²) < 4.78 is 5.76. The number of aliphatic hydroxyl groups is 1. The molecule has 1 atom stereocenters. The van der Waals surface area contributed by atoms with Gasteiger partial charge in [-0.25, -0.2) is 0 Å². The number of hydrogen-bond acceptors (Lipinski definition) is 3. The van der Waals surface area contributed by atoms with Gasteiger partial charge >= 0.3 is 0 Å². The fourth-order valence-electron chi connectivity index (χ4n) is 2.18. The molecule has 0 saturated carbocycles. The van der Waals surface area contributed by atoms with Crippen molar-refractivity contribution >= 4 is 5.69 Å². The van der Waals surface area contributed by atoms with E-state index >= 15 is 0 Å². The van der Waals surface area contributed by atoms with E-state index in [-0.39, 0.29) is 12.0 Å². The normalized spacial score (nSPS) is 18.8. The summed E-state index contributed by atoms with van der Waals surface area (Å²) in [6.45, 7) is 7.56. The summed E-state index contributed by atoms with van der Waals surface area (Å²) in [6, 6.07) is 6.67. The molecule has 0 spiro atoms. The van der Waals surface area contributed by atoms with E-state index in [2.05, 4.69) is 38.2 Å². The van der Waals surface area contributed by atoms with Crippen molar-refractivity contribution in [2.45, 2.75) is 45.1 Å². The number of nitrogens with one attached hydrogen (secondary N) is 1. The van der Waals surface area contributed by atoms with Crippen LogP contribution in [0.4, 0.5) is 5.69 Å². The molecule has 2 rings (SSSR count). The Balaban J connectivity index is 2.14. The van der Waals surface area contributed by atoms with E-state index in [4.69, 9.17) is 9.84 Å². The molecule has 2 N–H and O–H groups in total. The van der Waals surface area contributed by atoms with Crippen LogP contribution in [-0.4, -0.2) is 24.4 Å². The molecular formula is C15H23NO2. The number of aliphatic hydroxyl groups excluding tert-OH is 1. The molecule has 1 aromatic carbocycles. The van der Waals surface area contributed by atoms with E-state index in [1.165, 1.54) is 5.56 Å². The highest BCUT2D eigenvalue weighted by Gasteiger charge is 2.21. The van der Waals surface area contributed by atoms with Gasteiger partial charge in [0, 0.05) is 6.61 Å². The molecule has 0 amide bonds. The number of anilines is 1. The molecular weight excluding hydrogens is 226 g/mol. The molecule has 1 heterocycles. The fourth-order valence-corrected chi connectivity index (χ4v) is 2.18. The topological polar surface area (TPSA) is 41.5 Å². The number of rotatable bonds is 3. The van der Waals surface area contributed by atoms with Crippen molar-refractivity contribution in [1.82, 2.24) is 0 Å². The summed E-state index contributed by atoms with van der Waals surface area (Å²) in [5.41, 5.74) is 2.53. The minimum atomic E-state index is 0.148. The van der Waals surface area contributed by atoms with Crippen LogP contribution in [0.1, 0.15) is 39.2 Å². The van der Waals surface area contributed by atoms with Crippen molar-refractivity contribution < 1.29 is 9.84 Å². The number of hydrogen-bond donors (Lipinski definition) is 2. The van der Waals surface area contributed by atoms with Crippen LogP contribution in [-0.2, 0) is 5.41 Å². The zero-order valence-corrected chi connectivity index (χ0v) is 11.5. The van der Waals surface area contributed by atoms with Gasteiger partial charge < -0.3 is 15.2 Å². The molecule has 18 heavy (non-hydrogen) atoms. The molecule has 3 heteroatoms. The Bertz CT molecular complexity index is 409. The van der Waals surface area contributed by atoms with Gasteiger partial charge in [-0.3, -0.25) is 0 Å². The molecule has 0 saturated heterocycles. The molecule has 100 valence electrons. The average Bonchev–Trinajstić information content (AvgIpc) is 2.34. The van der Waals surface area contributed by atoms with Gasteiger partial charge in [0.05, 0.1) is 11.7 Å². The third-order valence-corrected chi connectivity index (χ3v) is 3.36. The highest BCUT2D eigenvalue weighted by Crippen LogP contribution is 2.34. The van der Waals surface area contributed by atoms with Gasteiger partial charge in [-0.05, 0) is 36.0 Å². The maximum atomic E-state index is 8.87. The largest absolute Gasteiger partial charge is 0.489 e. The third kappa shape index (κ3) is 2.96. The molecule has 1 unspecified atom stereocenters. The molecule has 0 fully saturated rings. The van der Waals surface area contributed by atoms with Crippen molar-refractivity contribution in [1.29, 1.82) is 0 Å². The second-order valence-corrected chi connectivity index (χ2v) is 5.98. The molecule has 1 aliphatic heterocycles. The van der Waals surface area contributed by atoms with Crippen LogP contribution in [0.3, 0.4) is 0 Å². The smallest absolute Gasteiger partial charge is 0.142 e. The highest BCUT2D eigenvalue weighted by molar-refractivity contribution is 5.60. The van der Waals surface area contributed by atoms with Gasteiger partial charge in [0.15, 0.2) is 0 Å². The quantitative estimate of drug-likeness (QED) is 0.865. The second-order valence-electron chi connectivity index (χ2n) is 5.98. The Hall–Kier alpha value is -1.22. The van der Waals surface area contributed by atoms with E-state index in [1.54, 1.807) is 0 Å². The monoisotopic (exact) mass is 249 g/mol. The van der Waals surface area contributed by atoms with Crippen LogP contribution in [0.25, 0.3) is 0 Å². The van der Waals surface area contributed by atoms with Gasteiger partial charge in [0.25, 0.3) is 0 Å². The summed E-state index contributed by atoms with van der Waals surface area (Å²) in [5, 5.41) is 12.4. The predicted molar refractivity (Wildman–Crippen MR) is 74.4 cm³/mol. The molecule has 1 aliphatic rings. The first-order valence-corrected chi connectivity index (χ1v) is 6.65. The van der Waals surface area contributed by atoms with Crippen LogP contribution < -0.4 is 10.1 Å². The first kappa shape index (κ1) is 13.2. The lowest BCUT2D eigenvalue weighted by molar-refractivity contribution is 0.249. The lowest BCUT2D eigenvalue weighted by Gasteiger charge is -2.29.